The summed E-state index contributed by atoms with van der Waals surface area (Å²) in [7, 11) is 0. The van der Waals surface area contributed by atoms with Crippen molar-refractivity contribution < 1.29 is 14.7 Å². The van der Waals surface area contributed by atoms with E-state index < -0.39 is 6.10 Å². The number of amides is 2. The van der Waals surface area contributed by atoms with E-state index in [1.165, 1.54) is 0 Å². The molecule has 0 aromatic rings. The van der Waals surface area contributed by atoms with Crippen LogP contribution in [-0.4, -0.2) is 47.6 Å². The standard InChI is InChI=1S/C19H36N2O3/c1-7-14(4)18(24)21-10-8-9-15(11-21)17(23)20-12-19(5,6)16(22)13(2)3/h13-16,22H,7-12H2,1-6H3,(H,20,23). The van der Waals surface area contributed by atoms with Crippen LogP contribution in [0.1, 0.15) is 60.8 Å². The Morgan fingerprint density at radius 3 is 2.46 bits per heavy atom. The predicted octanol–water partition coefficient (Wildman–Crippen LogP) is 2.43. The number of hydrogen-bond acceptors (Lipinski definition) is 3. The highest BCUT2D eigenvalue weighted by Crippen LogP contribution is 2.26. The number of piperidine rings is 1. The fraction of sp³-hybridized carbons (Fsp3) is 0.895. The number of nitrogens with one attached hydrogen (secondary N) is 1. The summed E-state index contributed by atoms with van der Waals surface area (Å²) in [6, 6.07) is 0. The highest BCUT2D eigenvalue weighted by atomic mass is 16.3. The molecule has 1 heterocycles. The zero-order valence-corrected chi connectivity index (χ0v) is 16.3. The molecular formula is C19H36N2O3. The molecule has 0 radical (unpaired) electrons. The highest BCUT2D eigenvalue weighted by molar-refractivity contribution is 5.82. The van der Waals surface area contributed by atoms with Crippen molar-refractivity contribution in [1.82, 2.24) is 10.2 Å². The van der Waals surface area contributed by atoms with E-state index in [2.05, 4.69) is 5.32 Å². The third kappa shape index (κ3) is 5.47. The molecule has 1 rings (SSSR count). The van der Waals surface area contributed by atoms with Crippen LogP contribution in [0.4, 0.5) is 0 Å². The monoisotopic (exact) mass is 340 g/mol. The van der Waals surface area contributed by atoms with Gasteiger partial charge in [0.05, 0.1) is 12.0 Å². The molecule has 1 aliphatic heterocycles. The summed E-state index contributed by atoms with van der Waals surface area (Å²) in [5.41, 5.74) is -0.370. The van der Waals surface area contributed by atoms with E-state index in [4.69, 9.17) is 0 Å². The summed E-state index contributed by atoms with van der Waals surface area (Å²) in [6.07, 6.45) is 2.06. The highest BCUT2D eigenvalue weighted by Gasteiger charge is 2.33. The molecule has 140 valence electrons. The molecule has 3 atom stereocenters. The van der Waals surface area contributed by atoms with Crippen LogP contribution in [0.15, 0.2) is 0 Å². The maximum atomic E-state index is 12.5. The van der Waals surface area contributed by atoms with E-state index in [1.54, 1.807) is 0 Å². The van der Waals surface area contributed by atoms with Crippen LogP contribution in [0.5, 0.6) is 0 Å². The summed E-state index contributed by atoms with van der Waals surface area (Å²) in [5.74, 6) is 0.187. The fourth-order valence-electron chi connectivity index (χ4n) is 3.34. The molecule has 1 aliphatic rings. The van der Waals surface area contributed by atoms with Crippen LogP contribution in [-0.2, 0) is 9.59 Å². The third-order valence-electron chi connectivity index (χ3n) is 5.29. The largest absolute Gasteiger partial charge is 0.392 e. The molecule has 1 saturated heterocycles. The van der Waals surface area contributed by atoms with Crippen LogP contribution in [0.25, 0.3) is 0 Å². The van der Waals surface area contributed by atoms with Crippen molar-refractivity contribution >= 4 is 11.8 Å². The molecule has 5 nitrogen and oxygen atoms in total. The molecule has 1 fully saturated rings. The average Bonchev–Trinajstić information content (AvgIpc) is 2.57. The van der Waals surface area contributed by atoms with Gasteiger partial charge in [0, 0.05) is 31.0 Å². The SMILES string of the molecule is CCC(C)C(=O)N1CCCC(C(=O)NCC(C)(C)C(O)C(C)C)C1. The lowest BCUT2D eigenvalue weighted by Crippen LogP contribution is -2.49. The van der Waals surface area contributed by atoms with Gasteiger partial charge in [-0.15, -0.1) is 0 Å². The Balaban J connectivity index is 2.57. The van der Waals surface area contributed by atoms with E-state index in [9.17, 15) is 14.7 Å². The summed E-state index contributed by atoms with van der Waals surface area (Å²) >= 11 is 0. The van der Waals surface area contributed by atoms with Crippen LogP contribution < -0.4 is 5.32 Å². The van der Waals surface area contributed by atoms with Crippen molar-refractivity contribution in [1.29, 1.82) is 0 Å². The van der Waals surface area contributed by atoms with Gasteiger partial charge in [0.2, 0.25) is 11.8 Å². The predicted molar refractivity (Wildman–Crippen MR) is 96.4 cm³/mol. The topological polar surface area (TPSA) is 69.6 Å². The quantitative estimate of drug-likeness (QED) is 0.748. The number of carbonyl (C=O) groups excluding carboxylic acids is 2. The Morgan fingerprint density at radius 1 is 1.29 bits per heavy atom. The number of nitrogens with zero attached hydrogens (tertiary/aromatic N) is 1. The van der Waals surface area contributed by atoms with E-state index >= 15 is 0 Å². The number of aliphatic hydroxyl groups excluding tert-OH is 1. The Morgan fingerprint density at radius 2 is 1.92 bits per heavy atom. The van der Waals surface area contributed by atoms with Gasteiger partial charge in [-0.1, -0.05) is 41.5 Å². The Kier molecular flexibility index (Phi) is 7.71. The maximum Gasteiger partial charge on any atom is 0.225 e. The molecular weight excluding hydrogens is 304 g/mol. The molecule has 0 saturated carbocycles. The first-order valence-corrected chi connectivity index (χ1v) is 9.34. The lowest BCUT2D eigenvalue weighted by atomic mass is 9.80. The van der Waals surface area contributed by atoms with Crippen molar-refractivity contribution in [3.8, 4) is 0 Å². The van der Waals surface area contributed by atoms with Gasteiger partial charge in [-0.25, -0.2) is 0 Å². The second-order valence-electron chi connectivity index (χ2n) is 8.33. The van der Waals surface area contributed by atoms with Crippen molar-refractivity contribution in [3.05, 3.63) is 0 Å². The Hall–Kier alpha value is -1.10. The van der Waals surface area contributed by atoms with Crippen LogP contribution >= 0.6 is 0 Å². The van der Waals surface area contributed by atoms with Crippen LogP contribution in [0.2, 0.25) is 0 Å². The van der Waals surface area contributed by atoms with Gasteiger partial charge >= 0.3 is 0 Å². The summed E-state index contributed by atoms with van der Waals surface area (Å²) in [6.45, 7) is 13.6. The van der Waals surface area contributed by atoms with Gasteiger partial charge < -0.3 is 15.3 Å². The van der Waals surface area contributed by atoms with Gasteiger partial charge in [0.25, 0.3) is 0 Å². The molecule has 2 N–H and O–H groups in total. The third-order valence-corrected chi connectivity index (χ3v) is 5.29. The Labute approximate surface area is 147 Å². The smallest absolute Gasteiger partial charge is 0.225 e. The van der Waals surface area contributed by atoms with Gasteiger partial charge in [-0.2, -0.15) is 0 Å². The van der Waals surface area contributed by atoms with E-state index in [1.807, 2.05) is 46.4 Å². The van der Waals surface area contributed by atoms with E-state index in [-0.39, 0.29) is 35.0 Å². The molecule has 0 spiro atoms. The molecule has 0 aromatic carbocycles. The minimum atomic E-state index is -0.465. The zero-order chi connectivity index (χ0) is 18.5. The molecule has 0 bridgehead atoms. The molecule has 2 amide bonds. The summed E-state index contributed by atoms with van der Waals surface area (Å²) < 4.78 is 0. The lowest BCUT2D eigenvalue weighted by Gasteiger charge is -2.36. The minimum absolute atomic E-state index is 0.000632. The van der Waals surface area contributed by atoms with Crippen molar-refractivity contribution in [3.63, 3.8) is 0 Å². The lowest BCUT2D eigenvalue weighted by molar-refractivity contribution is -0.139. The molecule has 3 unspecified atom stereocenters. The number of aliphatic hydroxyl groups is 1. The van der Waals surface area contributed by atoms with Crippen LogP contribution in [0, 0.1) is 23.2 Å². The zero-order valence-electron chi connectivity index (χ0n) is 16.3. The Bertz CT molecular complexity index is 434. The molecule has 0 aromatic heterocycles. The first-order chi connectivity index (χ1) is 11.1. The molecule has 24 heavy (non-hydrogen) atoms. The summed E-state index contributed by atoms with van der Waals surface area (Å²) in [5, 5.41) is 13.3. The first kappa shape index (κ1) is 20.9. The number of carbonyl (C=O) groups is 2. The van der Waals surface area contributed by atoms with Gasteiger partial charge in [-0.05, 0) is 25.2 Å². The minimum Gasteiger partial charge on any atom is -0.392 e. The van der Waals surface area contributed by atoms with Crippen LogP contribution in [0.3, 0.4) is 0 Å². The number of rotatable bonds is 7. The molecule has 5 heteroatoms. The van der Waals surface area contributed by atoms with Crippen molar-refractivity contribution in [2.75, 3.05) is 19.6 Å². The molecule has 0 aliphatic carbocycles. The van der Waals surface area contributed by atoms with Gasteiger partial charge in [-0.3, -0.25) is 9.59 Å². The van der Waals surface area contributed by atoms with Gasteiger partial charge in [0.1, 0.15) is 0 Å². The second kappa shape index (κ2) is 8.84. The van der Waals surface area contributed by atoms with Crippen molar-refractivity contribution in [2.45, 2.75) is 66.9 Å². The fourth-order valence-corrected chi connectivity index (χ4v) is 3.34. The maximum absolute atomic E-state index is 12.5. The normalized spacial score (nSPS) is 21.5. The average molecular weight is 341 g/mol. The first-order valence-electron chi connectivity index (χ1n) is 9.34. The number of likely N-dealkylation sites (tertiary alicyclic amines) is 1. The van der Waals surface area contributed by atoms with Crippen molar-refractivity contribution in [2.24, 2.45) is 23.2 Å². The second-order valence-corrected chi connectivity index (χ2v) is 8.33. The van der Waals surface area contributed by atoms with Gasteiger partial charge in [0.15, 0.2) is 0 Å². The number of hydrogen-bond donors (Lipinski definition) is 2. The summed E-state index contributed by atoms with van der Waals surface area (Å²) in [4.78, 5) is 26.7. The van der Waals surface area contributed by atoms with E-state index in [0.29, 0.717) is 13.1 Å². The van der Waals surface area contributed by atoms with E-state index in [0.717, 1.165) is 25.8 Å².